The molecule has 0 fully saturated rings. The largest absolute Gasteiger partial charge is 0.506 e. The zero-order valence-corrected chi connectivity index (χ0v) is 24.6. The van der Waals surface area contributed by atoms with Gasteiger partial charge in [-0.1, -0.05) is 24.3 Å². The number of para-hydroxylation sites is 4. The second-order valence-electron chi connectivity index (χ2n) is 8.93. The van der Waals surface area contributed by atoms with E-state index in [9.17, 15) is 40.0 Å². The van der Waals surface area contributed by atoms with Crippen molar-refractivity contribution in [1.29, 1.82) is 0 Å². The van der Waals surface area contributed by atoms with E-state index in [-0.39, 0.29) is 22.7 Å². The van der Waals surface area contributed by atoms with E-state index >= 15 is 0 Å². The summed E-state index contributed by atoms with van der Waals surface area (Å²) in [6, 6.07) is 19.4. The minimum atomic E-state index is -0.637. The Morgan fingerprint density at radius 3 is 1.28 bits per heavy atom. The second-order valence-corrected chi connectivity index (χ2v) is 8.93. The lowest BCUT2D eigenvalue weighted by atomic mass is 10.2. The average molecular weight is 635 g/mol. The Hall–Kier alpha value is -6.58. The fourth-order valence-corrected chi connectivity index (χ4v) is 3.73. The molecule has 0 atom stereocenters. The summed E-state index contributed by atoms with van der Waals surface area (Å²) in [4.78, 5) is 43.9. The van der Waals surface area contributed by atoms with Gasteiger partial charge in [0.1, 0.15) is 23.0 Å². The summed E-state index contributed by atoms with van der Waals surface area (Å²) in [6.07, 6.45) is 0. The van der Waals surface area contributed by atoms with Crippen LogP contribution in [-0.4, -0.2) is 45.3 Å². The van der Waals surface area contributed by atoms with Gasteiger partial charge in [0, 0.05) is 12.1 Å². The van der Waals surface area contributed by atoms with Gasteiger partial charge in [0.05, 0.1) is 57.9 Å². The lowest BCUT2D eigenvalue weighted by Crippen LogP contribution is -2.20. The fourth-order valence-electron chi connectivity index (χ4n) is 3.73. The van der Waals surface area contributed by atoms with Gasteiger partial charge in [-0.05, 0) is 50.2 Å². The molecule has 16 nitrogen and oxygen atoms in total. The molecule has 16 heteroatoms. The van der Waals surface area contributed by atoms with Crippen molar-refractivity contribution >= 4 is 46.2 Å². The molecule has 0 bridgehead atoms. The number of benzene rings is 4. The predicted molar refractivity (Wildman–Crippen MR) is 170 cm³/mol. The Balaban J connectivity index is 0.000000250. The first-order valence-electron chi connectivity index (χ1n) is 13.6. The molecule has 4 aromatic carbocycles. The standard InChI is InChI=1S/2C15H15N3O5/c2*1-2-23-14-6-4-3-5-12(14)17-15(20)16-11-8-7-10(18(21)22)9-13(11)19/h2*3-9,19H,2H2,1H3,(H2,16,17,20). The summed E-state index contributed by atoms with van der Waals surface area (Å²) in [6.45, 7) is 4.55. The number of nitro groups is 2. The van der Waals surface area contributed by atoms with Gasteiger partial charge in [0.2, 0.25) is 0 Å². The van der Waals surface area contributed by atoms with E-state index in [1.807, 2.05) is 13.8 Å². The zero-order chi connectivity index (χ0) is 33.6. The summed E-state index contributed by atoms with van der Waals surface area (Å²) >= 11 is 0. The van der Waals surface area contributed by atoms with E-state index in [4.69, 9.17) is 9.47 Å². The molecule has 4 rings (SSSR count). The van der Waals surface area contributed by atoms with Crippen LogP contribution in [0.25, 0.3) is 0 Å². The number of amides is 4. The molecule has 0 saturated heterocycles. The van der Waals surface area contributed by atoms with Crippen LogP contribution in [-0.2, 0) is 0 Å². The van der Waals surface area contributed by atoms with Gasteiger partial charge in [0.25, 0.3) is 11.4 Å². The number of nitrogens with zero attached hydrogens (tertiary/aromatic N) is 2. The van der Waals surface area contributed by atoms with E-state index in [0.29, 0.717) is 36.1 Å². The third-order valence-corrected chi connectivity index (χ3v) is 5.75. The van der Waals surface area contributed by atoms with Gasteiger partial charge in [-0.25, -0.2) is 9.59 Å². The molecular weight excluding hydrogens is 604 g/mol. The molecule has 0 spiro atoms. The lowest BCUT2D eigenvalue weighted by Gasteiger charge is -2.12. The number of urea groups is 2. The van der Waals surface area contributed by atoms with Crippen LogP contribution in [0.3, 0.4) is 0 Å². The molecule has 0 aliphatic carbocycles. The van der Waals surface area contributed by atoms with Crippen molar-refractivity contribution in [2.24, 2.45) is 0 Å². The summed E-state index contributed by atoms with van der Waals surface area (Å²) in [5.74, 6) is 0.232. The van der Waals surface area contributed by atoms with Gasteiger partial charge in [-0.2, -0.15) is 0 Å². The van der Waals surface area contributed by atoms with Crippen molar-refractivity contribution in [2.45, 2.75) is 13.8 Å². The number of nitro benzene ring substituents is 2. The number of hydrogen-bond donors (Lipinski definition) is 6. The van der Waals surface area contributed by atoms with E-state index < -0.39 is 33.4 Å². The number of rotatable bonds is 10. The van der Waals surface area contributed by atoms with Crippen molar-refractivity contribution in [3.8, 4) is 23.0 Å². The Labute approximate surface area is 261 Å². The first-order valence-corrected chi connectivity index (χ1v) is 13.6. The highest BCUT2D eigenvalue weighted by Gasteiger charge is 2.15. The number of anilines is 4. The number of ether oxygens (including phenoxy) is 2. The van der Waals surface area contributed by atoms with Crippen LogP contribution < -0.4 is 30.7 Å². The highest BCUT2D eigenvalue weighted by Crippen LogP contribution is 2.30. The van der Waals surface area contributed by atoms with Gasteiger partial charge in [-0.3, -0.25) is 20.2 Å². The second kappa shape index (κ2) is 16.3. The maximum Gasteiger partial charge on any atom is 0.323 e. The summed E-state index contributed by atoms with van der Waals surface area (Å²) in [7, 11) is 0. The quantitative estimate of drug-likeness (QED) is 0.0615. The third-order valence-electron chi connectivity index (χ3n) is 5.75. The number of non-ortho nitro benzene ring substituents is 2. The van der Waals surface area contributed by atoms with Gasteiger partial charge in [-0.15, -0.1) is 0 Å². The Morgan fingerprint density at radius 1 is 0.609 bits per heavy atom. The maximum absolute atomic E-state index is 12.0. The summed E-state index contributed by atoms with van der Waals surface area (Å²) in [5, 5.41) is 50.7. The molecule has 4 amide bonds. The van der Waals surface area contributed by atoms with Crippen LogP contribution in [0.4, 0.5) is 43.7 Å². The topological polar surface area (TPSA) is 227 Å². The number of nitrogens with one attached hydrogen (secondary N) is 4. The molecule has 6 N–H and O–H groups in total. The van der Waals surface area contributed by atoms with Crippen molar-refractivity contribution in [3.05, 3.63) is 105 Å². The Bertz CT molecular complexity index is 1590. The smallest absolute Gasteiger partial charge is 0.323 e. The lowest BCUT2D eigenvalue weighted by molar-refractivity contribution is -0.385. The molecule has 46 heavy (non-hydrogen) atoms. The Morgan fingerprint density at radius 2 is 0.957 bits per heavy atom. The minimum Gasteiger partial charge on any atom is -0.506 e. The monoisotopic (exact) mass is 634 g/mol. The van der Waals surface area contributed by atoms with E-state index in [1.165, 1.54) is 24.3 Å². The summed E-state index contributed by atoms with van der Waals surface area (Å²) in [5.41, 5.74) is 0.510. The normalized spacial score (nSPS) is 9.96. The van der Waals surface area contributed by atoms with Crippen LogP contribution in [0.15, 0.2) is 84.9 Å². The van der Waals surface area contributed by atoms with Gasteiger partial charge in [0.15, 0.2) is 0 Å². The molecule has 0 unspecified atom stereocenters. The van der Waals surface area contributed by atoms with E-state index in [0.717, 1.165) is 12.1 Å². The molecule has 0 aromatic heterocycles. The molecule has 4 aromatic rings. The number of carbonyl (C=O) groups is 2. The maximum atomic E-state index is 12.0. The molecule has 0 radical (unpaired) electrons. The number of phenolic OH excluding ortho intramolecular Hbond substituents is 2. The first kappa shape index (κ1) is 33.9. The number of phenols is 2. The zero-order valence-electron chi connectivity index (χ0n) is 24.6. The van der Waals surface area contributed by atoms with Crippen molar-refractivity contribution < 1.29 is 39.1 Å². The van der Waals surface area contributed by atoms with Crippen LogP contribution in [0.5, 0.6) is 23.0 Å². The molecule has 0 aliphatic heterocycles. The SMILES string of the molecule is CCOc1ccccc1NC(=O)Nc1ccc([N+](=O)[O-])cc1O.CCOc1ccccc1NC(=O)Nc1ccc([N+](=O)[O-])cc1O. The van der Waals surface area contributed by atoms with Crippen LogP contribution in [0.2, 0.25) is 0 Å². The average Bonchev–Trinajstić information content (AvgIpc) is 3.01. The highest BCUT2D eigenvalue weighted by atomic mass is 16.6. The molecular formula is C30H30N6O10. The number of carbonyl (C=O) groups excluding carboxylic acids is 2. The fraction of sp³-hybridized carbons (Fsp3) is 0.133. The predicted octanol–water partition coefficient (Wildman–Crippen LogP) is 6.69. The molecule has 240 valence electrons. The number of aromatic hydroxyl groups is 2. The summed E-state index contributed by atoms with van der Waals surface area (Å²) < 4.78 is 10.8. The molecule has 0 aliphatic rings. The highest BCUT2D eigenvalue weighted by molar-refractivity contribution is 6.02. The van der Waals surface area contributed by atoms with Gasteiger partial charge < -0.3 is 41.0 Å². The molecule has 0 saturated carbocycles. The Kier molecular flexibility index (Phi) is 12.0. The molecule has 0 heterocycles. The van der Waals surface area contributed by atoms with Crippen molar-refractivity contribution in [3.63, 3.8) is 0 Å². The van der Waals surface area contributed by atoms with E-state index in [2.05, 4.69) is 21.3 Å². The van der Waals surface area contributed by atoms with Crippen LogP contribution in [0, 0.1) is 20.2 Å². The van der Waals surface area contributed by atoms with E-state index in [1.54, 1.807) is 48.5 Å². The first-order chi connectivity index (χ1) is 22.0. The van der Waals surface area contributed by atoms with Crippen molar-refractivity contribution in [2.75, 3.05) is 34.5 Å². The third kappa shape index (κ3) is 9.73. The van der Waals surface area contributed by atoms with Gasteiger partial charge >= 0.3 is 12.1 Å². The van der Waals surface area contributed by atoms with Crippen LogP contribution >= 0.6 is 0 Å². The van der Waals surface area contributed by atoms with Crippen LogP contribution in [0.1, 0.15) is 13.8 Å². The van der Waals surface area contributed by atoms with Crippen molar-refractivity contribution in [1.82, 2.24) is 0 Å². The number of hydrogen-bond acceptors (Lipinski definition) is 10. The minimum absolute atomic E-state index is 0.0574.